The monoisotopic (exact) mass is 486 g/mol. The van der Waals surface area contributed by atoms with Crippen LogP contribution in [0.15, 0.2) is 42.5 Å². The Bertz CT molecular complexity index is 1660. The second kappa shape index (κ2) is 9.54. The van der Waals surface area contributed by atoms with Crippen LogP contribution in [-0.2, 0) is 0 Å². The fourth-order valence-electron chi connectivity index (χ4n) is 3.98. The van der Waals surface area contributed by atoms with E-state index in [1.54, 1.807) is 12.1 Å². The maximum absolute atomic E-state index is 9.68. The maximum Gasteiger partial charge on any atom is 0.163 e. The highest BCUT2D eigenvalue weighted by Gasteiger charge is 2.14. The van der Waals surface area contributed by atoms with E-state index in [9.17, 15) is 5.26 Å². The molecule has 0 saturated carbocycles. The van der Waals surface area contributed by atoms with Crippen LogP contribution in [0.25, 0.3) is 45.6 Å². The van der Waals surface area contributed by atoms with Gasteiger partial charge < -0.3 is 0 Å². The lowest BCUT2D eigenvalue weighted by Gasteiger charge is -2.09. The van der Waals surface area contributed by atoms with Gasteiger partial charge in [0.15, 0.2) is 23.3 Å². The quantitative estimate of drug-likeness (QED) is 0.360. The van der Waals surface area contributed by atoms with Crippen LogP contribution >= 0.6 is 0 Å². The number of benzene rings is 2. The van der Waals surface area contributed by atoms with Gasteiger partial charge in [0.05, 0.1) is 11.6 Å². The summed E-state index contributed by atoms with van der Waals surface area (Å²) in [5.74, 6) is 5.10. The number of aromatic nitrogens is 9. The third kappa shape index (κ3) is 5.16. The molecular formula is C27H22N10. The molecule has 0 aliphatic rings. The van der Waals surface area contributed by atoms with Gasteiger partial charge in [-0.1, -0.05) is 18.2 Å². The Hall–Kier alpha value is -5.04. The van der Waals surface area contributed by atoms with Gasteiger partial charge in [0.1, 0.15) is 29.1 Å². The van der Waals surface area contributed by atoms with E-state index in [0.717, 1.165) is 11.1 Å². The van der Waals surface area contributed by atoms with E-state index in [0.29, 0.717) is 69.1 Å². The molecule has 0 aliphatic heterocycles. The van der Waals surface area contributed by atoms with Gasteiger partial charge in [-0.3, -0.25) is 0 Å². The van der Waals surface area contributed by atoms with Crippen molar-refractivity contribution in [2.75, 3.05) is 0 Å². The Morgan fingerprint density at radius 2 is 0.811 bits per heavy atom. The molecule has 180 valence electrons. The first-order valence-corrected chi connectivity index (χ1v) is 11.6. The predicted octanol–water partition coefficient (Wildman–Crippen LogP) is 4.32. The molecule has 5 aromatic rings. The fourth-order valence-corrected chi connectivity index (χ4v) is 3.98. The second-order valence-electron chi connectivity index (χ2n) is 8.53. The summed E-state index contributed by atoms with van der Waals surface area (Å²) < 4.78 is 0. The number of hydrogen-bond donors (Lipinski definition) is 0. The van der Waals surface area contributed by atoms with Crippen LogP contribution in [-0.4, -0.2) is 44.9 Å². The summed E-state index contributed by atoms with van der Waals surface area (Å²) in [4.78, 5) is 40.2. The van der Waals surface area contributed by atoms with Crippen LogP contribution in [0.3, 0.4) is 0 Å². The van der Waals surface area contributed by atoms with E-state index in [4.69, 9.17) is 4.98 Å². The molecule has 37 heavy (non-hydrogen) atoms. The van der Waals surface area contributed by atoms with E-state index in [1.165, 1.54) is 0 Å². The van der Waals surface area contributed by atoms with Crippen molar-refractivity contribution in [1.29, 1.82) is 5.26 Å². The fraction of sp³-hybridized carbons (Fsp3) is 0.185. The van der Waals surface area contributed by atoms with Crippen molar-refractivity contribution in [3.05, 3.63) is 77.2 Å². The van der Waals surface area contributed by atoms with E-state index < -0.39 is 0 Å². The van der Waals surface area contributed by atoms with Crippen molar-refractivity contribution in [2.45, 2.75) is 34.6 Å². The third-order valence-corrected chi connectivity index (χ3v) is 5.42. The molecule has 0 bridgehead atoms. The largest absolute Gasteiger partial charge is 0.219 e. The van der Waals surface area contributed by atoms with Gasteiger partial charge >= 0.3 is 0 Å². The predicted molar refractivity (Wildman–Crippen MR) is 137 cm³/mol. The van der Waals surface area contributed by atoms with Crippen LogP contribution in [0.1, 0.15) is 34.7 Å². The van der Waals surface area contributed by atoms with Gasteiger partial charge in [0.2, 0.25) is 0 Å². The Kier molecular flexibility index (Phi) is 6.11. The van der Waals surface area contributed by atoms with Gasteiger partial charge in [-0.05, 0) is 58.9 Å². The first-order chi connectivity index (χ1) is 17.8. The second-order valence-corrected chi connectivity index (χ2v) is 8.53. The number of nitrogens with zero attached hydrogens (tertiary/aromatic N) is 10. The molecule has 3 heterocycles. The molecule has 0 radical (unpaired) electrons. The standard InChI is InChI=1S/C27H22N10/c1-14-29-15(2)32-24(31-14)20-7-6-8-21(11-20)25-35-18(5)36-27(37-25)23-10-19(13-28)9-22(12-23)26-33-16(3)30-17(4)34-26/h6-12H,1-5H3. The lowest BCUT2D eigenvalue weighted by atomic mass is 10.0. The van der Waals surface area contributed by atoms with Crippen molar-refractivity contribution in [1.82, 2.24) is 44.9 Å². The summed E-state index contributed by atoms with van der Waals surface area (Å²) in [6, 6.07) is 15.3. The Labute approximate surface area is 213 Å². The van der Waals surface area contributed by atoms with E-state index in [1.807, 2.05) is 65.0 Å². The molecule has 0 unspecified atom stereocenters. The SMILES string of the molecule is Cc1nc(C)nc(-c2cccc(-c3nc(C)nc(-c4cc(C#N)cc(-c5nc(C)nc(C)n5)c4)n3)c2)n1. The summed E-state index contributed by atoms with van der Waals surface area (Å²) in [6.45, 7) is 9.11. The third-order valence-electron chi connectivity index (χ3n) is 5.42. The zero-order chi connectivity index (χ0) is 26.1. The minimum Gasteiger partial charge on any atom is -0.219 e. The summed E-state index contributed by atoms with van der Waals surface area (Å²) in [6.07, 6.45) is 0. The summed E-state index contributed by atoms with van der Waals surface area (Å²) >= 11 is 0. The number of rotatable bonds is 4. The first-order valence-electron chi connectivity index (χ1n) is 11.6. The normalized spacial score (nSPS) is 10.8. The topological polar surface area (TPSA) is 140 Å². The lowest BCUT2D eigenvalue weighted by molar-refractivity contribution is 0.928. The molecule has 0 atom stereocenters. The molecule has 0 N–H and O–H groups in total. The highest BCUT2D eigenvalue weighted by atomic mass is 15.0. The van der Waals surface area contributed by atoms with Gasteiger partial charge in [0, 0.05) is 22.3 Å². The molecule has 5 rings (SSSR count). The zero-order valence-electron chi connectivity index (χ0n) is 21.0. The molecule has 10 nitrogen and oxygen atoms in total. The van der Waals surface area contributed by atoms with Crippen molar-refractivity contribution in [3.63, 3.8) is 0 Å². The maximum atomic E-state index is 9.68. The molecule has 0 spiro atoms. The van der Waals surface area contributed by atoms with Crippen molar-refractivity contribution >= 4 is 0 Å². The van der Waals surface area contributed by atoms with Crippen LogP contribution < -0.4 is 0 Å². The van der Waals surface area contributed by atoms with E-state index in [2.05, 4.69) is 45.9 Å². The van der Waals surface area contributed by atoms with Crippen LogP contribution in [0.5, 0.6) is 0 Å². The average Bonchev–Trinajstić information content (AvgIpc) is 2.87. The van der Waals surface area contributed by atoms with Gasteiger partial charge in [-0.25, -0.2) is 44.9 Å². The molecule has 10 heteroatoms. The van der Waals surface area contributed by atoms with Crippen LogP contribution in [0.4, 0.5) is 0 Å². The highest BCUT2D eigenvalue weighted by Crippen LogP contribution is 2.27. The first kappa shape index (κ1) is 23.7. The average molecular weight is 487 g/mol. The van der Waals surface area contributed by atoms with Crippen molar-refractivity contribution in [3.8, 4) is 51.6 Å². The minimum absolute atomic E-state index is 0.445. The summed E-state index contributed by atoms with van der Waals surface area (Å²) in [5, 5.41) is 9.68. The molecule has 0 aliphatic carbocycles. The molecule has 0 saturated heterocycles. The lowest BCUT2D eigenvalue weighted by Crippen LogP contribution is -2.02. The number of nitriles is 1. The number of hydrogen-bond acceptors (Lipinski definition) is 10. The van der Waals surface area contributed by atoms with Crippen molar-refractivity contribution in [2.24, 2.45) is 0 Å². The Morgan fingerprint density at radius 1 is 0.459 bits per heavy atom. The molecule has 0 amide bonds. The Morgan fingerprint density at radius 3 is 1.27 bits per heavy atom. The van der Waals surface area contributed by atoms with Crippen LogP contribution in [0, 0.1) is 45.9 Å². The van der Waals surface area contributed by atoms with Crippen LogP contribution in [0.2, 0.25) is 0 Å². The van der Waals surface area contributed by atoms with Crippen molar-refractivity contribution < 1.29 is 0 Å². The summed E-state index contributed by atoms with van der Waals surface area (Å²) in [7, 11) is 0. The zero-order valence-corrected chi connectivity index (χ0v) is 21.0. The van der Waals surface area contributed by atoms with Gasteiger partial charge in [-0.15, -0.1) is 0 Å². The summed E-state index contributed by atoms with van der Waals surface area (Å²) in [5.41, 5.74) is 3.42. The molecular weight excluding hydrogens is 464 g/mol. The molecule has 2 aromatic carbocycles. The van der Waals surface area contributed by atoms with E-state index in [-0.39, 0.29) is 0 Å². The van der Waals surface area contributed by atoms with Gasteiger partial charge in [-0.2, -0.15) is 5.26 Å². The molecule has 3 aromatic heterocycles. The van der Waals surface area contributed by atoms with Gasteiger partial charge in [0.25, 0.3) is 0 Å². The minimum atomic E-state index is 0.445. The molecule has 0 fully saturated rings. The smallest absolute Gasteiger partial charge is 0.163 e. The highest BCUT2D eigenvalue weighted by molar-refractivity contribution is 5.71. The van der Waals surface area contributed by atoms with E-state index >= 15 is 0 Å². The Balaban J connectivity index is 1.61. The number of aryl methyl sites for hydroxylation is 5.